The van der Waals surface area contributed by atoms with E-state index >= 15 is 0 Å². The minimum atomic E-state index is -0.146. The van der Waals surface area contributed by atoms with E-state index in [1.807, 2.05) is 0 Å². The highest BCUT2D eigenvalue weighted by molar-refractivity contribution is 5.97. The van der Waals surface area contributed by atoms with Gasteiger partial charge in [-0.2, -0.15) is 0 Å². The summed E-state index contributed by atoms with van der Waals surface area (Å²) in [6.07, 6.45) is 6.64. The molecule has 1 N–H and O–H groups in total. The third-order valence-electron chi connectivity index (χ3n) is 7.03. The Morgan fingerprint density at radius 2 is 1.88 bits per heavy atom. The highest BCUT2D eigenvalue weighted by Crippen LogP contribution is 2.38. The molecule has 1 amide bonds. The maximum Gasteiger partial charge on any atom is 0.255 e. The summed E-state index contributed by atoms with van der Waals surface area (Å²) in [5.41, 5.74) is 1.92. The highest BCUT2D eigenvalue weighted by atomic mass is 16.5. The van der Waals surface area contributed by atoms with E-state index in [1.54, 1.807) is 32.4 Å². The number of ether oxygens (including phenoxy) is 3. The van der Waals surface area contributed by atoms with Gasteiger partial charge in [-0.05, 0) is 62.8 Å². The molecule has 2 aliphatic rings. The van der Waals surface area contributed by atoms with Gasteiger partial charge in [0.05, 0.1) is 31.5 Å². The molecule has 178 valence electrons. The largest absolute Gasteiger partial charge is 0.497 e. The van der Waals surface area contributed by atoms with Gasteiger partial charge < -0.3 is 24.4 Å². The molecule has 1 spiro atoms. The fourth-order valence-corrected chi connectivity index (χ4v) is 5.03. The molecule has 0 saturated carbocycles. The van der Waals surface area contributed by atoms with Gasteiger partial charge >= 0.3 is 0 Å². The molecular weight excluding hydrogens is 416 g/mol. The van der Waals surface area contributed by atoms with E-state index in [0.29, 0.717) is 23.6 Å². The predicted molar refractivity (Wildman–Crippen MR) is 129 cm³/mol. The van der Waals surface area contributed by atoms with Crippen molar-refractivity contribution in [1.82, 2.24) is 10.2 Å². The Morgan fingerprint density at radius 3 is 2.61 bits per heavy atom. The van der Waals surface area contributed by atoms with Crippen molar-refractivity contribution in [3.05, 3.63) is 59.7 Å². The van der Waals surface area contributed by atoms with E-state index in [4.69, 9.17) is 14.2 Å². The van der Waals surface area contributed by atoms with E-state index in [0.717, 1.165) is 51.7 Å². The number of amides is 1. The second-order valence-corrected chi connectivity index (χ2v) is 9.17. The second kappa shape index (κ2) is 11.0. The van der Waals surface area contributed by atoms with Gasteiger partial charge in [0.25, 0.3) is 5.91 Å². The number of hydrogen-bond acceptors (Lipinski definition) is 5. The van der Waals surface area contributed by atoms with Gasteiger partial charge in [-0.15, -0.1) is 0 Å². The molecule has 2 saturated heterocycles. The maximum atomic E-state index is 12.7. The third kappa shape index (κ3) is 6.06. The number of hydrogen-bond donors (Lipinski definition) is 1. The SMILES string of the molecule is COc1ccc(C(=O)NC[C@@H]2CCC3(CCN(CCCc4ccccc4)CC3)O2)c(OC)c1. The Balaban J connectivity index is 1.19. The Morgan fingerprint density at radius 1 is 1.09 bits per heavy atom. The van der Waals surface area contributed by atoms with Crippen LogP contribution in [-0.2, 0) is 11.2 Å². The Bertz CT molecular complexity index is 910. The number of nitrogens with zero attached hydrogens (tertiary/aromatic N) is 1. The molecule has 2 aliphatic heterocycles. The van der Waals surface area contributed by atoms with Gasteiger partial charge in [0.2, 0.25) is 0 Å². The van der Waals surface area contributed by atoms with Crippen LogP contribution in [0, 0.1) is 0 Å². The molecule has 2 fully saturated rings. The lowest BCUT2D eigenvalue weighted by Crippen LogP contribution is -2.45. The number of carbonyl (C=O) groups is 1. The summed E-state index contributed by atoms with van der Waals surface area (Å²) in [7, 11) is 3.15. The summed E-state index contributed by atoms with van der Waals surface area (Å²) in [5, 5.41) is 3.03. The fraction of sp³-hybridized carbons (Fsp3) is 0.519. The lowest BCUT2D eigenvalue weighted by molar-refractivity contribution is -0.0754. The minimum absolute atomic E-state index is 0.0108. The van der Waals surface area contributed by atoms with Crippen molar-refractivity contribution in [1.29, 1.82) is 0 Å². The normalized spacial score (nSPS) is 20.0. The van der Waals surface area contributed by atoms with Crippen LogP contribution in [0.3, 0.4) is 0 Å². The number of carbonyl (C=O) groups excluding carboxylic acids is 1. The topological polar surface area (TPSA) is 60.0 Å². The number of likely N-dealkylation sites (tertiary alicyclic amines) is 1. The number of nitrogens with one attached hydrogen (secondary N) is 1. The van der Waals surface area contributed by atoms with Gasteiger partial charge in [0.15, 0.2) is 0 Å². The van der Waals surface area contributed by atoms with E-state index in [-0.39, 0.29) is 17.6 Å². The third-order valence-corrected chi connectivity index (χ3v) is 7.03. The first-order valence-electron chi connectivity index (χ1n) is 12.1. The van der Waals surface area contributed by atoms with Gasteiger partial charge in [-0.25, -0.2) is 0 Å². The molecule has 2 aromatic carbocycles. The van der Waals surface area contributed by atoms with Crippen LogP contribution < -0.4 is 14.8 Å². The number of benzene rings is 2. The number of methoxy groups -OCH3 is 2. The average Bonchev–Trinajstić information content (AvgIpc) is 3.26. The molecule has 0 radical (unpaired) electrons. The van der Waals surface area contributed by atoms with E-state index in [1.165, 1.54) is 12.0 Å². The highest BCUT2D eigenvalue weighted by Gasteiger charge is 2.42. The van der Waals surface area contributed by atoms with Gasteiger partial charge in [-0.3, -0.25) is 4.79 Å². The first-order valence-corrected chi connectivity index (χ1v) is 12.1. The van der Waals surface area contributed by atoms with Crippen molar-refractivity contribution < 1.29 is 19.0 Å². The zero-order valence-electron chi connectivity index (χ0n) is 19.8. The fourth-order valence-electron chi connectivity index (χ4n) is 5.03. The zero-order valence-corrected chi connectivity index (χ0v) is 19.8. The minimum Gasteiger partial charge on any atom is -0.497 e. The molecule has 2 heterocycles. The second-order valence-electron chi connectivity index (χ2n) is 9.17. The molecule has 6 heteroatoms. The molecule has 0 aliphatic carbocycles. The van der Waals surface area contributed by atoms with Crippen LogP contribution in [0.1, 0.15) is 48.0 Å². The van der Waals surface area contributed by atoms with Gasteiger partial charge in [0, 0.05) is 25.7 Å². The Kier molecular flexibility index (Phi) is 7.89. The maximum absolute atomic E-state index is 12.7. The Labute approximate surface area is 197 Å². The summed E-state index contributed by atoms with van der Waals surface area (Å²) < 4.78 is 17.1. The first-order chi connectivity index (χ1) is 16.1. The summed E-state index contributed by atoms with van der Waals surface area (Å²) in [4.78, 5) is 15.3. The van der Waals surface area contributed by atoms with Crippen molar-refractivity contribution in [3.63, 3.8) is 0 Å². The number of aryl methyl sites for hydroxylation is 1. The molecule has 4 rings (SSSR count). The van der Waals surface area contributed by atoms with Crippen molar-refractivity contribution in [2.24, 2.45) is 0 Å². The van der Waals surface area contributed by atoms with Crippen molar-refractivity contribution in [3.8, 4) is 11.5 Å². The molecule has 33 heavy (non-hydrogen) atoms. The molecule has 0 unspecified atom stereocenters. The number of piperidine rings is 1. The van der Waals surface area contributed by atoms with Crippen LogP contribution in [0.15, 0.2) is 48.5 Å². The predicted octanol–water partition coefficient (Wildman–Crippen LogP) is 4.08. The lowest BCUT2D eigenvalue weighted by atomic mass is 9.88. The summed E-state index contributed by atoms with van der Waals surface area (Å²) in [6, 6.07) is 16.0. The van der Waals surface area contributed by atoms with Crippen molar-refractivity contribution in [2.75, 3.05) is 40.4 Å². The monoisotopic (exact) mass is 452 g/mol. The molecule has 0 bridgehead atoms. The van der Waals surface area contributed by atoms with E-state index < -0.39 is 0 Å². The Hall–Kier alpha value is -2.57. The standard InChI is InChI=1S/C27H36N2O4/c1-31-22-10-11-24(25(19-22)32-2)26(30)28-20-23-12-13-27(33-23)14-17-29(18-15-27)16-6-9-21-7-4-3-5-8-21/h3-5,7-8,10-11,19,23H,6,9,12-18,20H2,1-2H3,(H,28,30)/t23-/m0/s1. The van der Waals surface area contributed by atoms with Crippen molar-refractivity contribution in [2.45, 2.75) is 50.2 Å². The average molecular weight is 453 g/mol. The molecule has 2 aromatic rings. The van der Waals surface area contributed by atoms with Crippen LogP contribution in [0.5, 0.6) is 11.5 Å². The summed E-state index contributed by atoms with van der Waals surface area (Å²) in [5.74, 6) is 1.03. The molecule has 0 aromatic heterocycles. The molecule has 1 atom stereocenters. The van der Waals surface area contributed by atoms with Gasteiger partial charge in [0.1, 0.15) is 11.5 Å². The van der Waals surface area contributed by atoms with Crippen LogP contribution in [0.2, 0.25) is 0 Å². The van der Waals surface area contributed by atoms with Gasteiger partial charge in [-0.1, -0.05) is 30.3 Å². The lowest BCUT2D eigenvalue weighted by Gasteiger charge is -2.39. The van der Waals surface area contributed by atoms with Crippen LogP contribution in [0.25, 0.3) is 0 Å². The van der Waals surface area contributed by atoms with Crippen molar-refractivity contribution >= 4 is 5.91 Å². The number of rotatable bonds is 9. The van der Waals surface area contributed by atoms with Crippen LogP contribution in [0.4, 0.5) is 0 Å². The summed E-state index contributed by atoms with van der Waals surface area (Å²) in [6.45, 7) is 3.86. The van der Waals surface area contributed by atoms with Crippen LogP contribution in [-0.4, -0.2) is 62.9 Å². The van der Waals surface area contributed by atoms with E-state index in [9.17, 15) is 4.79 Å². The first kappa shape index (κ1) is 23.6. The van der Waals surface area contributed by atoms with Crippen LogP contribution >= 0.6 is 0 Å². The summed E-state index contributed by atoms with van der Waals surface area (Å²) >= 11 is 0. The van der Waals surface area contributed by atoms with E-state index in [2.05, 4.69) is 40.5 Å². The molecule has 6 nitrogen and oxygen atoms in total. The molecular formula is C27H36N2O4. The zero-order chi connectivity index (χ0) is 23.1. The quantitative estimate of drug-likeness (QED) is 0.621. The smallest absolute Gasteiger partial charge is 0.255 e.